The molecule has 0 spiro atoms. The summed E-state index contributed by atoms with van der Waals surface area (Å²) in [5, 5.41) is 0. The van der Waals surface area contributed by atoms with Crippen LogP contribution in [0, 0.1) is 0 Å². The molecule has 1 nitrogen and oxygen atoms in total. The quantitative estimate of drug-likeness (QED) is 0.290. The first kappa shape index (κ1) is 30.0. The van der Waals surface area contributed by atoms with Crippen molar-refractivity contribution in [1.29, 1.82) is 0 Å². The van der Waals surface area contributed by atoms with E-state index in [-0.39, 0.29) is 40.3 Å². The van der Waals surface area contributed by atoms with Gasteiger partial charge in [-0.25, -0.2) is 0 Å². The molecule has 0 aromatic heterocycles. The van der Waals surface area contributed by atoms with E-state index in [1.165, 1.54) is 0 Å². The average molecular weight is 319 g/mol. The topological polar surface area (TPSA) is 17.1 Å². The van der Waals surface area contributed by atoms with Crippen molar-refractivity contribution in [3.8, 4) is 0 Å². The predicted octanol–water partition coefficient (Wildman–Crippen LogP) is 2.99. The maximum atomic E-state index is 7.75. The molecule has 0 rings (SSSR count). The van der Waals surface area contributed by atoms with Crippen molar-refractivity contribution in [2.24, 2.45) is 0 Å². The molecule has 15 heavy (non-hydrogen) atoms. The smallest absolute Gasteiger partial charge is 0.0461 e. The van der Waals surface area contributed by atoms with Gasteiger partial charge in [-0.1, -0.05) is 0 Å². The summed E-state index contributed by atoms with van der Waals surface area (Å²) in [5.74, 6) is 0. The Labute approximate surface area is 112 Å². The molecule has 0 aromatic rings. The standard InChI is InChI=1S/3C3H9P.CHO.Ni/c3*1-4(2)3;1-2;/h3*1-3H3;1H;/q;;;-1;/p+3. The van der Waals surface area contributed by atoms with Crippen LogP contribution in [0.25, 0.3) is 0 Å². The minimum Gasteiger partial charge on any atom is -0.545 e. The van der Waals surface area contributed by atoms with Crippen molar-refractivity contribution in [1.82, 2.24) is 0 Å². The number of hydrogen-bond donors (Lipinski definition) is 0. The monoisotopic (exact) mass is 318 g/mol. The van der Waals surface area contributed by atoms with Crippen LogP contribution in [-0.4, -0.2) is 66.8 Å². The third-order valence-electron chi connectivity index (χ3n) is 0. The summed E-state index contributed by atoms with van der Waals surface area (Å²) in [6, 6.07) is 0. The Morgan fingerprint density at radius 3 is 0.533 bits per heavy atom. The maximum absolute atomic E-state index is 7.75. The maximum Gasteiger partial charge on any atom is 0.0461 e. The van der Waals surface area contributed by atoms with Crippen LogP contribution >= 0.6 is 23.8 Å². The van der Waals surface area contributed by atoms with Gasteiger partial charge in [0.15, 0.2) is 0 Å². The van der Waals surface area contributed by atoms with Gasteiger partial charge in [0.05, 0.1) is 0 Å². The van der Waals surface area contributed by atoms with Crippen molar-refractivity contribution in [3.63, 3.8) is 0 Å². The van der Waals surface area contributed by atoms with E-state index in [0.717, 1.165) is 0 Å². The molecule has 5 heteroatoms. The van der Waals surface area contributed by atoms with E-state index in [9.17, 15) is 0 Å². The van der Waals surface area contributed by atoms with E-state index >= 15 is 0 Å². The fraction of sp³-hybridized carbons (Fsp3) is 0.900. The third-order valence-corrected chi connectivity index (χ3v) is 0. The molecule has 100 valence electrons. The summed E-state index contributed by atoms with van der Waals surface area (Å²) < 4.78 is 0. The Morgan fingerprint density at radius 1 is 0.533 bits per heavy atom. The van der Waals surface area contributed by atoms with Crippen molar-refractivity contribution < 1.29 is 21.3 Å². The van der Waals surface area contributed by atoms with E-state index in [0.29, 0.717) is 0 Å². The molecule has 0 unspecified atom stereocenters. The van der Waals surface area contributed by atoms with Gasteiger partial charge in [0.2, 0.25) is 0 Å². The zero-order chi connectivity index (χ0) is 12.7. The second-order valence-corrected chi connectivity index (χ2v) is 13.5. The SMILES string of the molecule is C[PH+](C)C.C[PH+](C)C.C[PH+](C)C.[CH-]=O.[Ni]. The summed E-state index contributed by atoms with van der Waals surface area (Å²) in [7, 11) is 0.361. The molecule has 0 heterocycles. The Morgan fingerprint density at radius 2 is 0.533 bits per heavy atom. The van der Waals surface area contributed by atoms with Crippen molar-refractivity contribution in [2.45, 2.75) is 0 Å². The van der Waals surface area contributed by atoms with Gasteiger partial charge in [0, 0.05) is 76.5 Å². The van der Waals surface area contributed by atoms with Gasteiger partial charge in [-0.05, 0) is 23.8 Å². The summed E-state index contributed by atoms with van der Waals surface area (Å²) in [6.45, 7) is 23.7. The van der Waals surface area contributed by atoms with Crippen LogP contribution in [-0.2, 0) is 21.3 Å². The minimum absolute atomic E-state index is 0. The molecule has 0 radical (unpaired) electrons. The first-order valence-electron chi connectivity index (χ1n) is 4.74. The second-order valence-electron chi connectivity index (χ2n) is 4.50. The summed E-state index contributed by atoms with van der Waals surface area (Å²) in [4.78, 5) is 7.75. The van der Waals surface area contributed by atoms with Crippen LogP contribution in [0.4, 0.5) is 0 Å². The second kappa shape index (κ2) is 29.5. The largest absolute Gasteiger partial charge is 0.545 e. The number of rotatable bonds is 0. The Balaban J connectivity index is -0.0000000298. The fourth-order valence-electron chi connectivity index (χ4n) is 0. The van der Waals surface area contributed by atoms with Gasteiger partial charge < -0.3 is 4.79 Å². The summed E-state index contributed by atoms with van der Waals surface area (Å²) in [5.41, 5.74) is 0. The van der Waals surface area contributed by atoms with E-state index in [1.54, 1.807) is 0 Å². The summed E-state index contributed by atoms with van der Waals surface area (Å²) >= 11 is 0. The zero-order valence-electron chi connectivity index (χ0n) is 11.8. The minimum atomic E-state index is 0. The van der Waals surface area contributed by atoms with Crippen LogP contribution in [0.3, 0.4) is 0 Å². The van der Waals surface area contributed by atoms with E-state index in [1.807, 2.05) is 0 Å². The molecule has 0 aromatic carbocycles. The van der Waals surface area contributed by atoms with E-state index in [2.05, 4.69) is 66.8 Å². The molecule has 0 aliphatic rings. The first-order chi connectivity index (χ1) is 6.20. The van der Waals surface area contributed by atoms with Gasteiger partial charge in [0.25, 0.3) is 0 Å². The van der Waals surface area contributed by atoms with Crippen molar-refractivity contribution in [2.75, 3.05) is 60.0 Å². The molecule has 0 saturated carbocycles. The molecule has 0 aliphatic carbocycles. The van der Waals surface area contributed by atoms with Gasteiger partial charge in [-0.15, -0.1) is 0 Å². The molecular formula is C10H31NiOP3+2. The van der Waals surface area contributed by atoms with Crippen molar-refractivity contribution >= 4 is 30.6 Å². The Kier molecular flexibility index (Phi) is 59.0. The molecule has 0 N–H and O–H groups in total. The predicted molar refractivity (Wildman–Crippen MR) is 85.0 cm³/mol. The van der Waals surface area contributed by atoms with E-state index < -0.39 is 0 Å². The van der Waals surface area contributed by atoms with Crippen LogP contribution < -0.4 is 0 Å². The molecular weight excluding hydrogens is 288 g/mol. The fourth-order valence-corrected chi connectivity index (χ4v) is 0. The van der Waals surface area contributed by atoms with Gasteiger partial charge >= 0.3 is 0 Å². The Bertz CT molecular complexity index is 58.5. The molecule has 0 atom stereocenters. The van der Waals surface area contributed by atoms with Crippen LogP contribution in [0.2, 0.25) is 0 Å². The molecule has 0 saturated heterocycles. The van der Waals surface area contributed by atoms with E-state index in [4.69, 9.17) is 4.79 Å². The van der Waals surface area contributed by atoms with Crippen LogP contribution in [0.15, 0.2) is 0 Å². The zero-order valence-corrected chi connectivity index (χ0v) is 15.8. The van der Waals surface area contributed by atoms with Gasteiger partial charge in [0.1, 0.15) is 0 Å². The number of hydrogen-bond acceptors (Lipinski definition) is 1. The van der Waals surface area contributed by atoms with Gasteiger partial charge in [-0.3, -0.25) is 6.79 Å². The van der Waals surface area contributed by atoms with Gasteiger partial charge in [-0.2, -0.15) is 0 Å². The summed E-state index contributed by atoms with van der Waals surface area (Å²) in [6.07, 6.45) is 0. The molecule has 0 bridgehead atoms. The average Bonchev–Trinajstić information content (AvgIpc) is 1.86. The normalized spacial score (nSPS) is 7.47. The molecule has 0 aliphatic heterocycles. The molecule has 0 fully saturated rings. The van der Waals surface area contributed by atoms with Crippen molar-refractivity contribution in [3.05, 3.63) is 0 Å². The van der Waals surface area contributed by atoms with Crippen LogP contribution in [0.5, 0.6) is 0 Å². The van der Waals surface area contributed by atoms with Crippen LogP contribution in [0.1, 0.15) is 0 Å². The molecule has 0 amide bonds. The first-order valence-corrected chi connectivity index (χ1v) is 13.7. The Hall–Kier alpha value is 1.45. The third kappa shape index (κ3) is 1320. The number of carbonyl (C=O) groups excluding carboxylic acids is 1.